The van der Waals surface area contributed by atoms with Gasteiger partial charge < -0.3 is 5.11 Å². The lowest BCUT2D eigenvalue weighted by atomic mass is 10.2. The van der Waals surface area contributed by atoms with E-state index in [-0.39, 0.29) is 5.75 Å². The number of hydrogen-bond donors (Lipinski definition) is 1. The fourth-order valence-corrected chi connectivity index (χ4v) is 1.50. The zero-order chi connectivity index (χ0) is 8.97. The number of phenols is 1. The van der Waals surface area contributed by atoms with Gasteiger partial charge in [0.05, 0.1) is 6.07 Å². The summed E-state index contributed by atoms with van der Waals surface area (Å²) in [4.78, 5) is 0. The first kappa shape index (κ1) is 9.07. The molecule has 0 atom stereocenters. The van der Waals surface area contributed by atoms with E-state index in [0.717, 1.165) is 9.13 Å². The third-order valence-corrected chi connectivity index (χ3v) is 1.88. The van der Waals surface area contributed by atoms with Gasteiger partial charge in [-0.1, -0.05) is 0 Å². The first-order valence-electron chi connectivity index (χ1n) is 3.28. The van der Waals surface area contributed by atoms with Gasteiger partial charge in [0.25, 0.3) is 0 Å². The highest BCUT2D eigenvalue weighted by Gasteiger charge is 1.93. The van der Waals surface area contributed by atoms with Crippen molar-refractivity contribution in [1.82, 2.24) is 0 Å². The summed E-state index contributed by atoms with van der Waals surface area (Å²) in [5, 5.41) is 17.4. The second kappa shape index (κ2) is 4.12. The van der Waals surface area contributed by atoms with Crippen LogP contribution >= 0.6 is 22.6 Å². The van der Waals surface area contributed by atoms with Crippen molar-refractivity contribution in [2.24, 2.45) is 0 Å². The van der Waals surface area contributed by atoms with Crippen molar-refractivity contribution in [2.45, 2.75) is 0 Å². The van der Waals surface area contributed by atoms with E-state index in [0.29, 0.717) is 0 Å². The third-order valence-electron chi connectivity index (χ3n) is 1.26. The fraction of sp³-hybridized carbons (Fsp3) is 0. The predicted octanol–water partition coefficient (Wildman–Crippen LogP) is 2.53. The molecule has 1 rings (SSSR count). The number of rotatable bonds is 1. The normalized spacial score (nSPS) is 10.0. The van der Waals surface area contributed by atoms with Crippen LogP contribution in [0.5, 0.6) is 5.75 Å². The summed E-state index contributed by atoms with van der Waals surface area (Å²) in [5.41, 5.74) is 0.834. The lowest BCUT2D eigenvalue weighted by Gasteiger charge is -1.96. The average Bonchev–Trinajstić information content (AvgIpc) is 1.99. The van der Waals surface area contributed by atoms with Crippen molar-refractivity contribution in [3.63, 3.8) is 0 Å². The van der Waals surface area contributed by atoms with Crippen LogP contribution in [0.3, 0.4) is 0 Å². The van der Waals surface area contributed by atoms with Crippen LogP contribution in [0, 0.1) is 14.9 Å². The summed E-state index contributed by atoms with van der Waals surface area (Å²) >= 11 is 2.11. The highest BCUT2D eigenvalue weighted by atomic mass is 127. The Balaban J connectivity index is 3.03. The molecule has 0 aromatic heterocycles. The molecule has 0 aliphatic rings. The maximum atomic E-state index is 9.17. The molecule has 0 saturated carbocycles. The van der Waals surface area contributed by atoms with Crippen molar-refractivity contribution in [3.05, 3.63) is 33.4 Å². The second-order valence-corrected chi connectivity index (χ2v) is 3.45. The molecule has 1 aromatic rings. The molecule has 0 aliphatic carbocycles. The highest BCUT2D eigenvalue weighted by Crippen LogP contribution is 2.17. The monoisotopic (exact) mass is 271 g/mol. The first-order chi connectivity index (χ1) is 5.72. The average molecular weight is 271 g/mol. The van der Waals surface area contributed by atoms with E-state index in [2.05, 4.69) is 22.6 Å². The van der Waals surface area contributed by atoms with Crippen molar-refractivity contribution in [1.29, 1.82) is 5.26 Å². The Morgan fingerprint density at radius 1 is 1.42 bits per heavy atom. The number of nitrogens with zero attached hydrogens (tertiary/aromatic N) is 1. The van der Waals surface area contributed by atoms with Gasteiger partial charge in [-0.05, 0) is 52.4 Å². The van der Waals surface area contributed by atoms with E-state index >= 15 is 0 Å². The van der Waals surface area contributed by atoms with Gasteiger partial charge in [0.1, 0.15) is 5.75 Å². The number of hydrogen-bond acceptors (Lipinski definition) is 2. The molecular weight excluding hydrogens is 265 g/mol. The standard InChI is InChI=1S/C9H6INO/c10-8-4-7(2-1-3-11)5-9(12)6-8/h1-2,4-6,12H/b2-1+. The molecule has 0 radical (unpaired) electrons. The topological polar surface area (TPSA) is 44.0 Å². The summed E-state index contributed by atoms with van der Waals surface area (Å²) in [7, 11) is 0. The molecule has 0 amide bonds. The Bertz CT molecular complexity index is 332. The summed E-state index contributed by atoms with van der Waals surface area (Å²) in [6.07, 6.45) is 3.03. The summed E-state index contributed by atoms with van der Waals surface area (Å²) in [6.45, 7) is 0. The molecule has 0 bridgehead atoms. The minimum Gasteiger partial charge on any atom is -0.508 e. The van der Waals surface area contributed by atoms with Crippen LogP contribution in [0.15, 0.2) is 24.3 Å². The number of nitriles is 1. The maximum absolute atomic E-state index is 9.17. The molecular formula is C9H6INO. The minimum absolute atomic E-state index is 0.222. The van der Waals surface area contributed by atoms with Gasteiger partial charge in [-0.2, -0.15) is 5.26 Å². The molecule has 1 N–H and O–H groups in total. The van der Waals surface area contributed by atoms with Crippen LogP contribution in [0.1, 0.15) is 5.56 Å². The fourth-order valence-electron chi connectivity index (χ4n) is 0.826. The summed E-state index contributed by atoms with van der Waals surface area (Å²) < 4.78 is 0.949. The van der Waals surface area contributed by atoms with Crippen molar-refractivity contribution in [3.8, 4) is 11.8 Å². The molecule has 0 fully saturated rings. The quantitative estimate of drug-likeness (QED) is 0.630. The molecule has 0 saturated heterocycles. The molecule has 0 spiro atoms. The van der Waals surface area contributed by atoms with Gasteiger partial charge in [0.15, 0.2) is 0 Å². The molecule has 1 aromatic carbocycles. The number of aromatic hydroxyl groups is 1. The van der Waals surface area contributed by atoms with Crippen molar-refractivity contribution < 1.29 is 5.11 Å². The molecule has 2 nitrogen and oxygen atoms in total. The van der Waals surface area contributed by atoms with E-state index < -0.39 is 0 Å². The molecule has 0 heterocycles. The number of phenolic OH excluding ortho intramolecular Hbond substituents is 1. The second-order valence-electron chi connectivity index (χ2n) is 2.21. The Labute approximate surface area is 84.3 Å². The maximum Gasteiger partial charge on any atom is 0.117 e. The number of allylic oxidation sites excluding steroid dienone is 1. The largest absolute Gasteiger partial charge is 0.508 e. The van der Waals surface area contributed by atoms with Gasteiger partial charge in [-0.25, -0.2) is 0 Å². The predicted molar refractivity (Wildman–Crippen MR) is 55.5 cm³/mol. The summed E-state index contributed by atoms with van der Waals surface area (Å²) in [5.74, 6) is 0.222. The van der Waals surface area contributed by atoms with Gasteiger partial charge in [-0.15, -0.1) is 0 Å². The van der Waals surface area contributed by atoms with E-state index in [4.69, 9.17) is 5.26 Å². The molecule has 12 heavy (non-hydrogen) atoms. The molecule has 0 unspecified atom stereocenters. The Hall–Kier alpha value is -1.02. The van der Waals surface area contributed by atoms with E-state index in [1.165, 1.54) is 6.08 Å². The Kier molecular flexibility index (Phi) is 3.11. The van der Waals surface area contributed by atoms with E-state index in [1.807, 2.05) is 12.1 Å². The van der Waals surface area contributed by atoms with Crippen LogP contribution in [-0.2, 0) is 0 Å². The van der Waals surface area contributed by atoms with Crippen LogP contribution in [0.4, 0.5) is 0 Å². The van der Waals surface area contributed by atoms with Gasteiger partial charge in [-0.3, -0.25) is 0 Å². The molecule has 60 valence electrons. The SMILES string of the molecule is N#C/C=C/c1cc(O)cc(I)c1. The van der Waals surface area contributed by atoms with Crippen molar-refractivity contribution in [2.75, 3.05) is 0 Å². The van der Waals surface area contributed by atoms with Crippen LogP contribution in [-0.4, -0.2) is 5.11 Å². The van der Waals surface area contributed by atoms with E-state index in [1.54, 1.807) is 18.2 Å². The van der Waals surface area contributed by atoms with Gasteiger partial charge >= 0.3 is 0 Å². The lowest BCUT2D eigenvalue weighted by Crippen LogP contribution is -1.75. The lowest BCUT2D eigenvalue weighted by molar-refractivity contribution is 0.475. The highest BCUT2D eigenvalue weighted by molar-refractivity contribution is 14.1. The Morgan fingerprint density at radius 2 is 2.17 bits per heavy atom. The zero-order valence-electron chi connectivity index (χ0n) is 6.16. The smallest absolute Gasteiger partial charge is 0.117 e. The van der Waals surface area contributed by atoms with Crippen molar-refractivity contribution >= 4 is 28.7 Å². The Morgan fingerprint density at radius 3 is 2.75 bits per heavy atom. The number of halogens is 1. The van der Waals surface area contributed by atoms with Crippen LogP contribution in [0.2, 0.25) is 0 Å². The molecule has 3 heteroatoms. The number of benzene rings is 1. The van der Waals surface area contributed by atoms with Gasteiger partial charge in [0.2, 0.25) is 0 Å². The zero-order valence-corrected chi connectivity index (χ0v) is 8.32. The van der Waals surface area contributed by atoms with Crippen LogP contribution < -0.4 is 0 Å². The van der Waals surface area contributed by atoms with Gasteiger partial charge in [0, 0.05) is 9.65 Å². The van der Waals surface area contributed by atoms with E-state index in [9.17, 15) is 5.11 Å². The summed E-state index contributed by atoms with van der Waals surface area (Å²) in [6, 6.07) is 7.04. The molecule has 0 aliphatic heterocycles. The third kappa shape index (κ3) is 2.55. The van der Waals surface area contributed by atoms with Crippen LogP contribution in [0.25, 0.3) is 6.08 Å². The minimum atomic E-state index is 0.222. The first-order valence-corrected chi connectivity index (χ1v) is 4.36.